The molecule has 0 aliphatic heterocycles. The van der Waals surface area contributed by atoms with Crippen LogP contribution in [0.4, 0.5) is 43.9 Å². The number of ether oxygens (including phenoxy) is 2. The van der Waals surface area contributed by atoms with E-state index in [0.29, 0.717) is 12.8 Å². The fraction of sp³-hybridized carbons (Fsp3) is 0.306. The van der Waals surface area contributed by atoms with E-state index in [-0.39, 0.29) is 115 Å². The summed E-state index contributed by atoms with van der Waals surface area (Å²) in [7, 11) is -13.4. The van der Waals surface area contributed by atoms with Crippen LogP contribution in [0.2, 0.25) is 0 Å². The number of hydrogen-bond donors (Lipinski definition) is 0. The zero-order valence-electron chi connectivity index (χ0n) is 69.1. The van der Waals surface area contributed by atoms with Crippen LogP contribution in [0.15, 0.2) is 366 Å². The van der Waals surface area contributed by atoms with Gasteiger partial charge in [0.1, 0.15) is 0 Å². The topological polar surface area (TPSA) is 167 Å². The van der Waals surface area contributed by atoms with Gasteiger partial charge in [-0.2, -0.15) is 43.9 Å². The Balaban J connectivity index is 0.000000156. The summed E-state index contributed by atoms with van der Waals surface area (Å²) in [5.41, 5.74) is 2.02. The van der Waals surface area contributed by atoms with Crippen molar-refractivity contribution in [1.82, 2.24) is 0 Å². The van der Waals surface area contributed by atoms with E-state index in [1.807, 2.05) is 0 Å². The van der Waals surface area contributed by atoms with Crippen molar-refractivity contribution in [1.29, 1.82) is 0 Å². The van der Waals surface area contributed by atoms with Crippen molar-refractivity contribution in [3.8, 4) is 0 Å². The molecule has 0 saturated heterocycles. The molecule has 26 heteroatoms. The Morgan fingerprint density at radius 3 is 0.766 bits per heavy atom. The van der Waals surface area contributed by atoms with Crippen LogP contribution in [0.25, 0.3) is 0 Å². The lowest BCUT2D eigenvalue weighted by molar-refractivity contribution is -0.597. The summed E-state index contributed by atoms with van der Waals surface area (Å²) in [5.74, 6) is -3.66. The molecule has 0 amide bonds. The average Bonchev–Trinajstić information content (AvgIpc) is 0.735. The number of benzene rings is 11. The summed E-state index contributed by atoms with van der Waals surface area (Å²) in [6, 6.07) is 115. The largest absolute Gasteiger partial charge is 0.743 e. The Hall–Kier alpha value is -8.74. The highest BCUT2D eigenvalue weighted by Crippen LogP contribution is 2.61. The second-order valence-electron chi connectivity index (χ2n) is 32.6. The summed E-state index contributed by atoms with van der Waals surface area (Å²) < 4.78 is 203. The first-order valence-corrected chi connectivity index (χ1v) is 49.0. The van der Waals surface area contributed by atoms with Crippen LogP contribution in [0.3, 0.4) is 0 Å². The lowest BCUT2D eigenvalue weighted by atomic mass is 9.49. The molecule has 0 spiro atoms. The Morgan fingerprint density at radius 2 is 0.565 bits per heavy atom. The van der Waals surface area contributed by atoms with E-state index < -0.39 is 78.6 Å². The Labute approximate surface area is 740 Å². The van der Waals surface area contributed by atoms with Crippen LogP contribution >= 0.6 is 0 Å². The van der Waals surface area contributed by atoms with Crippen molar-refractivity contribution in [3.05, 3.63) is 340 Å². The molecular weight excluding hydrogens is 1810 g/mol. The highest BCUT2D eigenvalue weighted by Gasteiger charge is 2.66. The van der Waals surface area contributed by atoms with Crippen molar-refractivity contribution in [2.45, 2.75) is 202 Å². The number of esters is 2. The first-order valence-electron chi connectivity index (χ1n) is 40.4. The summed E-state index contributed by atoms with van der Waals surface area (Å²) in [6.07, 6.45) is -15.0. The molecule has 5 aliphatic carbocycles. The third-order valence-electron chi connectivity index (χ3n) is 21.2. The van der Waals surface area contributed by atoms with E-state index in [2.05, 4.69) is 373 Å². The number of alkyl halides is 10. The molecule has 2 unspecified atom stereocenters. The third kappa shape index (κ3) is 26.9. The summed E-state index contributed by atoms with van der Waals surface area (Å²) in [5, 5.41) is -11.6. The predicted molar refractivity (Wildman–Crippen MR) is 460 cm³/mol. The van der Waals surface area contributed by atoms with Gasteiger partial charge in [-0.05, 0) is 225 Å². The van der Waals surface area contributed by atoms with Crippen LogP contribution in [0.1, 0.15) is 123 Å². The van der Waals surface area contributed by atoms with Crippen molar-refractivity contribution < 1.29 is 110 Å². The molecule has 11 aromatic rings. The Morgan fingerprint density at radius 1 is 0.347 bits per heavy atom. The van der Waals surface area contributed by atoms with Gasteiger partial charge in [0.2, 0.25) is 0 Å². The number of rotatable bonds is 19. The lowest BCUT2D eigenvalue weighted by Gasteiger charge is -2.55. The monoisotopic (exact) mass is 1910 g/mol. The van der Waals surface area contributed by atoms with Gasteiger partial charge in [-0.25, -0.2) is 16.8 Å². The minimum Gasteiger partial charge on any atom is -0.743 e. The number of halogens is 11. The van der Waals surface area contributed by atoms with Crippen molar-refractivity contribution in [3.63, 3.8) is 0 Å². The fourth-order valence-corrected chi connectivity index (χ4v) is 24.8. The van der Waals surface area contributed by atoms with Gasteiger partial charge >= 0.3 is 56.0 Å². The molecule has 656 valence electrons. The Bertz CT molecular complexity index is 4710. The highest BCUT2D eigenvalue weighted by molar-refractivity contribution is 7.97. The molecule has 5 aliphatic rings. The molecule has 5 saturated carbocycles. The summed E-state index contributed by atoms with van der Waals surface area (Å²) in [4.78, 5) is 36.1. The van der Waals surface area contributed by atoms with Crippen molar-refractivity contribution >= 4 is 64.9 Å². The minimum absolute atomic E-state index is 0.0146. The molecule has 10 nitrogen and oxygen atoms in total. The smallest absolute Gasteiger partial charge is 0.432 e. The second-order valence-corrected chi connectivity index (χ2v) is 44.6. The molecule has 2 atom stereocenters. The molecule has 16 rings (SSSR count). The number of carbonyl (C=O) groups excluding carboxylic acids is 2. The van der Waals surface area contributed by atoms with Gasteiger partial charge in [-0.15, -0.1) is 0 Å². The van der Waals surface area contributed by atoms with Gasteiger partial charge in [0.25, 0.3) is 12.2 Å². The fourth-order valence-electron chi connectivity index (χ4n) is 15.4. The molecular formula is C98H99F10IO10S5+2. The van der Waals surface area contributed by atoms with Crippen LogP contribution in [0.5, 0.6) is 0 Å². The molecule has 0 N–H and O–H groups in total. The van der Waals surface area contributed by atoms with Gasteiger partial charge in [-0.1, -0.05) is 249 Å². The summed E-state index contributed by atoms with van der Waals surface area (Å²) in [6.45, 7) is 13.6. The first-order chi connectivity index (χ1) is 58.6. The van der Waals surface area contributed by atoms with E-state index >= 15 is 0 Å². The first kappa shape index (κ1) is 97.5. The Kier molecular flexibility index (Phi) is 33.9. The molecule has 0 radical (unpaired) electrons. The second kappa shape index (κ2) is 43.2. The van der Waals surface area contributed by atoms with Crippen LogP contribution in [-0.2, 0) is 82.8 Å². The molecule has 11 aromatic carbocycles. The van der Waals surface area contributed by atoms with E-state index in [0.717, 1.165) is 25.7 Å². The quantitative estimate of drug-likeness (QED) is 0.0250. The zero-order valence-corrected chi connectivity index (χ0v) is 75.4. The molecule has 0 aromatic heterocycles. The average molecular weight is 1910 g/mol. The van der Waals surface area contributed by atoms with Gasteiger partial charge in [0.15, 0.2) is 71.4 Å². The third-order valence-corrected chi connectivity index (χ3v) is 32.3. The maximum atomic E-state index is 13.5. The van der Waals surface area contributed by atoms with Gasteiger partial charge < -0.3 is 18.6 Å². The van der Waals surface area contributed by atoms with Crippen molar-refractivity contribution in [2.75, 3.05) is 0 Å². The molecule has 0 heterocycles. The van der Waals surface area contributed by atoms with Crippen LogP contribution < -0.4 is 21.2 Å². The van der Waals surface area contributed by atoms with E-state index in [1.165, 1.54) is 62.3 Å². The molecule has 4 bridgehead atoms. The minimum atomic E-state index is -6.67. The number of carbonyl (C=O) groups is 2. The number of hydrogen-bond acceptors (Lipinski definition) is 10. The van der Waals surface area contributed by atoms with Crippen LogP contribution in [-0.4, -0.2) is 72.9 Å². The SMILES string of the molecule is CC(C)(C)c1ccc([I+]c2ccc(C(C)(C)C)cc2)cc1.O=C(OC(C(F)(F)F)C(F)(F)S(=O)(=O)[O-])C12CC3CC(CC(C3)C1)C2.O=C(OC(C(F)(F)F)C(F)(F)S(=O)(=O)[O-])C1CCCCC1.c1ccc([S+](c2ccccc2)c2ccccc2)cc1.c1ccc([S+](c2ccccc2)c2ccccc2)cc1.c1ccc([S+](c2ccccc2)c2ccccc2)cc1. The zero-order chi connectivity index (χ0) is 89.7. The molecule has 124 heavy (non-hydrogen) atoms. The lowest BCUT2D eigenvalue weighted by Crippen LogP contribution is -3.61. The van der Waals surface area contributed by atoms with E-state index in [4.69, 9.17) is 0 Å². The molecule has 5 fully saturated rings. The maximum absolute atomic E-state index is 13.5. The van der Waals surface area contributed by atoms with E-state index in [1.54, 1.807) is 0 Å². The highest BCUT2D eigenvalue weighted by atomic mass is 127. The normalized spacial score (nSPS) is 17.7. The van der Waals surface area contributed by atoms with Gasteiger partial charge in [-0.3, -0.25) is 9.59 Å². The summed E-state index contributed by atoms with van der Waals surface area (Å²) >= 11 is -0.0703. The van der Waals surface area contributed by atoms with Gasteiger partial charge in [0, 0.05) is 0 Å². The van der Waals surface area contributed by atoms with E-state index in [9.17, 15) is 79.4 Å². The van der Waals surface area contributed by atoms with Crippen molar-refractivity contribution in [2.24, 2.45) is 29.1 Å². The van der Waals surface area contributed by atoms with Gasteiger partial charge in [0.05, 0.1) is 44.0 Å². The predicted octanol–water partition coefficient (Wildman–Crippen LogP) is 21.7. The van der Waals surface area contributed by atoms with Crippen LogP contribution in [0, 0.1) is 36.2 Å². The standard InChI is InChI=1S/C20H26I.3C18H15S.C14H17F5O5S.C10H13F5O5S/c1-19(2,3)15-7-11-17(12-8-15)21-18-13-9-16(10-14-18)20(4,5)6;3*1-4-10-16(11-5-1)19(17-12-6-2-7-13-17)18-14-8-3-9-15-18;15-13(16,17)10(14(18,19)25(21,22)23)24-11(20)12-4-7-1-8(5-12)3-9(2-7)6-12;11-9(12,13)8(10(14,15)21(17,18)19)20-7(16)6-4-2-1-3-5-6/h7-14H,1-6H3;3*1-15H;7-10H,1-6H2,(H,21,22,23);6,8H,1-5H2,(H,17,18,19)/q4*+1;;/p-2. The maximum Gasteiger partial charge on any atom is 0.432 e.